The van der Waals surface area contributed by atoms with E-state index in [2.05, 4.69) is 14.9 Å². The molecule has 0 saturated heterocycles. The van der Waals surface area contributed by atoms with Crippen LogP contribution in [0.3, 0.4) is 0 Å². The van der Waals surface area contributed by atoms with Gasteiger partial charge in [0.2, 0.25) is 0 Å². The molecular weight excluding hydrogens is 270 g/mol. The van der Waals surface area contributed by atoms with Gasteiger partial charge in [-0.3, -0.25) is 0 Å². The van der Waals surface area contributed by atoms with Crippen molar-refractivity contribution < 1.29 is 18.0 Å². The standard InChI is InChI=1S/C11H13N3O4S/c1-8-4-10(18-14-8)6-13-19(16,17)11-3-2-9(7-15)5-12-11/h2-5,13,15H,6-7H2,1H3. The number of nitrogens with zero attached hydrogens (tertiary/aromatic N) is 2. The second kappa shape index (κ2) is 5.47. The minimum Gasteiger partial charge on any atom is -0.392 e. The van der Waals surface area contributed by atoms with E-state index in [0.29, 0.717) is 17.0 Å². The highest BCUT2D eigenvalue weighted by Gasteiger charge is 2.16. The highest BCUT2D eigenvalue weighted by Crippen LogP contribution is 2.08. The smallest absolute Gasteiger partial charge is 0.258 e. The molecule has 0 bridgehead atoms. The summed E-state index contributed by atoms with van der Waals surface area (Å²) >= 11 is 0. The van der Waals surface area contributed by atoms with Crippen LogP contribution in [0.5, 0.6) is 0 Å². The van der Waals surface area contributed by atoms with Gasteiger partial charge in [0.05, 0.1) is 18.8 Å². The zero-order chi connectivity index (χ0) is 13.9. The van der Waals surface area contributed by atoms with E-state index in [9.17, 15) is 8.42 Å². The van der Waals surface area contributed by atoms with Crippen molar-refractivity contribution in [3.8, 4) is 0 Å². The fraction of sp³-hybridized carbons (Fsp3) is 0.273. The van der Waals surface area contributed by atoms with Gasteiger partial charge in [-0.2, -0.15) is 0 Å². The third-order valence-corrected chi connectivity index (χ3v) is 3.69. The lowest BCUT2D eigenvalue weighted by Gasteiger charge is -2.04. The van der Waals surface area contributed by atoms with E-state index in [-0.39, 0.29) is 18.2 Å². The third-order valence-electron chi connectivity index (χ3n) is 2.37. The van der Waals surface area contributed by atoms with Crippen molar-refractivity contribution in [2.24, 2.45) is 0 Å². The van der Waals surface area contributed by atoms with Crippen molar-refractivity contribution in [3.05, 3.63) is 41.4 Å². The van der Waals surface area contributed by atoms with Gasteiger partial charge in [0.1, 0.15) is 0 Å². The van der Waals surface area contributed by atoms with Crippen LogP contribution in [0, 0.1) is 6.92 Å². The number of rotatable bonds is 5. The maximum atomic E-state index is 11.9. The summed E-state index contributed by atoms with van der Waals surface area (Å²) in [4.78, 5) is 3.78. The number of aryl methyl sites for hydroxylation is 1. The molecule has 2 aromatic rings. The van der Waals surface area contributed by atoms with Gasteiger partial charge in [0, 0.05) is 12.3 Å². The van der Waals surface area contributed by atoms with Crippen molar-refractivity contribution in [3.63, 3.8) is 0 Å². The van der Waals surface area contributed by atoms with Crippen LogP contribution in [-0.4, -0.2) is 23.7 Å². The molecule has 0 atom stereocenters. The maximum Gasteiger partial charge on any atom is 0.258 e. The third kappa shape index (κ3) is 3.37. The molecule has 2 heterocycles. The molecule has 0 radical (unpaired) electrons. The molecule has 102 valence electrons. The molecule has 2 aromatic heterocycles. The van der Waals surface area contributed by atoms with E-state index in [4.69, 9.17) is 9.63 Å². The van der Waals surface area contributed by atoms with Gasteiger partial charge in [-0.1, -0.05) is 11.2 Å². The van der Waals surface area contributed by atoms with Crippen molar-refractivity contribution in [2.75, 3.05) is 0 Å². The van der Waals surface area contributed by atoms with Crippen LogP contribution in [0.1, 0.15) is 17.0 Å². The Morgan fingerprint density at radius 2 is 2.21 bits per heavy atom. The molecule has 0 aliphatic rings. The molecule has 2 rings (SSSR count). The largest absolute Gasteiger partial charge is 0.392 e. The highest BCUT2D eigenvalue weighted by atomic mass is 32.2. The summed E-state index contributed by atoms with van der Waals surface area (Å²) < 4.78 is 31.1. The number of hydrogen-bond acceptors (Lipinski definition) is 6. The van der Waals surface area contributed by atoms with Gasteiger partial charge >= 0.3 is 0 Å². The Hall–Kier alpha value is -1.77. The van der Waals surface area contributed by atoms with Crippen LogP contribution in [0.25, 0.3) is 0 Å². The average Bonchev–Trinajstić information content (AvgIpc) is 2.82. The molecular formula is C11H13N3O4S. The lowest BCUT2D eigenvalue weighted by Crippen LogP contribution is -2.24. The summed E-state index contributed by atoms with van der Waals surface area (Å²) in [6.07, 6.45) is 1.31. The fourth-order valence-electron chi connectivity index (χ4n) is 1.40. The zero-order valence-electron chi connectivity index (χ0n) is 10.2. The summed E-state index contributed by atoms with van der Waals surface area (Å²) in [5.41, 5.74) is 1.23. The first kappa shape index (κ1) is 13.7. The number of aliphatic hydroxyl groups excluding tert-OH is 1. The van der Waals surface area contributed by atoms with Crippen LogP contribution in [0.4, 0.5) is 0 Å². The van der Waals surface area contributed by atoms with E-state index in [1.165, 1.54) is 18.3 Å². The minimum absolute atomic E-state index is 0.00655. The monoisotopic (exact) mass is 283 g/mol. The zero-order valence-corrected chi connectivity index (χ0v) is 11.0. The van der Waals surface area contributed by atoms with Gasteiger partial charge in [-0.25, -0.2) is 18.1 Å². The van der Waals surface area contributed by atoms with Gasteiger partial charge in [0.15, 0.2) is 10.8 Å². The van der Waals surface area contributed by atoms with Crippen molar-refractivity contribution >= 4 is 10.0 Å². The summed E-state index contributed by atoms with van der Waals surface area (Å²) in [6.45, 7) is 1.57. The Morgan fingerprint density at radius 3 is 2.74 bits per heavy atom. The van der Waals surface area contributed by atoms with Crippen LogP contribution in [-0.2, 0) is 23.2 Å². The van der Waals surface area contributed by atoms with Crippen LogP contribution in [0.2, 0.25) is 0 Å². The molecule has 2 N–H and O–H groups in total. The number of pyridine rings is 1. The Balaban J connectivity index is 2.09. The fourth-order valence-corrected chi connectivity index (χ4v) is 2.32. The molecule has 0 unspecified atom stereocenters. The molecule has 0 aliphatic heterocycles. The Bertz CT molecular complexity index is 649. The van der Waals surface area contributed by atoms with Gasteiger partial charge in [-0.05, 0) is 18.6 Å². The molecule has 0 aliphatic carbocycles. The maximum absolute atomic E-state index is 11.9. The SMILES string of the molecule is Cc1cc(CNS(=O)(=O)c2ccc(CO)cn2)on1. The molecule has 0 saturated carbocycles. The second-order valence-corrected chi connectivity index (χ2v) is 5.64. The van der Waals surface area contributed by atoms with E-state index >= 15 is 0 Å². The normalized spacial score (nSPS) is 11.7. The highest BCUT2D eigenvalue weighted by molar-refractivity contribution is 7.89. The number of nitrogens with one attached hydrogen (secondary N) is 1. The molecule has 8 heteroatoms. The van der Waals surface area contributed by atoms with E-state index in [0.717, 1.165) is 0 Å². The Labute approximate surface area is 110 Å². The molecule has 7 nitrogen and oxygen atoms in total. The van der Waals surface area contributed by atoms with Crippen LogP contribution >= 0.6 is 0 Å². The molecule has 0 spiro atoms. The van der Waals surface area contributed by atoms with Gasteiger partial charge < -0.3 is 9.63 Å². The van der Waals surface area contributed by atoms with E-state index < -0.39 is 10.0 Å². The first-order chi connectivity index (χ1) is 9.01. The first-order valence-corrected chi connectivity index (χ1v) is 6.97. The van der Waals surface area contributed by atoms with Gasteiger partial charge in [-0.15, -0.1) is 0 Å². The molecule has 0 fully saturated rings. The predicted octanol–water partition coefficient (Wildman–Crippen LogP) is 0.349. The quantitative estimate of drug-likeness (QED) is 0.820. The number of aliphatic hydroxyl groups is 1. The Morgan fingerprint density at radius 1 is 1.42 bits per heavy atom. The van der Waals surface area contributed by atoms with E-state index in [1.54, 1.807) is 13.0 Å². The summed E-state index contributed by atoms with van der Waals surface area (Å²) in [5, 5.41) is 12.4. The van der Waals surface area contributed by atoms with Gasteiger partial charge in [0.25, 0.3) is 10.0 Å². The van der Waals surface area contributed by atoms with E-state index in [1.807, 2.05) is 0 Å². The molecule has 0 aromatic carbocycles. The summed E-state index contributed by atoms with van der Waals surface area (Å²) in [7, 11) is -3.70. The lowest BCUT2D eigenvalue weighted by molar-refractivity contribution is 0.281. The number of aromatic nitrogens is 2. The van der Waals surface area contributed by atoms with Crippen LogP contribution < -0.4 is 4.72 Å². The minimum atomic E-state index is -3.70. The Kier molecular flexibility index (Phi) is 3.93. The summed E-state index contributed by atoms with van der Waals surface area (Å²) in [6, 6.07) is 4.48. The predicted molar refractivity (Wildman–Crippen MR) is 65.4 cm³/mol. The first-order valence-electron chi connectivity index (χ1n) is 5.49. The van der Waals surface area contributed by atoms with Crippen molar-refractivity contribution in [2.45, 2.75) is 25.1 Å². The lowest BCUT2D eigenvalue weighted by atomic mass is 10.3. The molecule has 0 amide bonds. The average molecular weight is 283 g/mol. The topological polar surface area (TPSA) is 105 Å². The van der Waals surface area contributed by atoms with Crippen LogP contribution in [0.15, 0.2) is 33.9 Å². The molecule has 19 heavy (non-hydrogen) atoms. The van der Waals surface area contributed by atoms with Crippen molar-refractivity contribution in [1.29, 1.82) is 0 Å². The second-order valence-electron chi connectivity index (χ2n) is 3.92. The number of sulfonamides is 1. The number of hydrogen-bond donors (Lipinski definition) is 2. The summed E-state index contributed by atoms with van der Waals surface area (Å²) in [5.74, 6) is 0.424. The van der Waals surface area contributed by atoms with Crippen molar-refractivity contribution in [1.82, 2.24) is 14.9 Å².